The van der Waals surface area contributed by atoms with Crippen molar-refractivity contribution in [3.63, 3.8) is 0 Å². The first-order valence-electron chi connectivity index (χ1n) is 7.51. The molecule has 1 aromatic rings. The van der Waals surface area contributed by atoms with Crippen molar-refractivity contribution in [2.24, 2.45) is 17.6 Å². The van der Waals surface area contributed by atoms with Crippen molar-refractivity contribution in [1.82, 2.24) is 5.32 Å². The van der Waals surface area contributed by atoms with E-state index in [1.807, 2.05) is 0 Å². The Morgan fingerprint density at radius 2 is 2.05 bits per heavy atom. The van der Waals surface area contributed by atoms with Crippen molar-refractivity contribution < 1.29 is 9.59 Å². The van der Waals surface area contributed by atoms with Crippen molar-refractivity contribution in [2.75, 3.05) is 18.4 Å². The van der Waals surface area contributed by atoms with Gasteiger partial charge in [0, 0.05) is 23.7 Å². The molecule has 0 saturated heterocycles. The summed E-state index contributed by atoms with van der Waals surface area (Å²) in [6.45, 7) is 3.32. The zero-order chi connectivity index (χ0) is 15.2. The fourth-order valence-corrected chi connectivity index (χ4v) is 2.23. The van der Waals surface area contributed by atoms with Crippen molar-refractivity contribution in [3.05, 3.63) is 29.8 Å². The predicted molar refractivity (Wildman–Crippen MR) is 90.2 cm³/mol. The van der Waals surface area contributed by atoms with Gasteiger partial charge in [-0.25, -0.2) is 0 Å². The van der Waals surface area contributed by atoms with Crippen LogP contribution in [0, 0.1) is 11.8 Å². The highest BCUT2D eigenvalue weighted by Gasteiger charge is 2.39. The number of carbonyl (C=O) groups excluding carboxylic acids is 2. The third-order valence-electron chi connectivity index (χ3n) is 3.76. The number of rotatable bonds is 7. The third-order valence-corrected chi connectivity index (χ3v) is 3.76. The normalized spacial score (nSPS) is 19.0. The maximum absolute atomic E-state index is 12.0. The number of nitrogens with two attached hydrogens (primary N) is 1. The van der Waals surface area contributed by atoms with Gasteiger partial charge in [-0.3, -0.25) is 9.59 Å². The molecule has 0 radical (unpaired) electrons. The molecule has 1 aromatic carbocycles. The van der Waals surface area contributed by atoms with Crippen LogP contribution in [-0.4, -0.2) is 24.9 Å². The quantitative estimate of drug-likeness (QED) is 0.672. The lowest BCUT2D eigenvalue weighted by molar-refractivity contribution is -0.117. The summed E-state index contributed by atoms with van der Waals surface area (Å²) in [6.07, 6.45) is 2.72. The van der Waals surface area contributed by atoms with E-state index in [1.54, 1.807) is 24.3 Å². The van der Waals surface area contributed by atoms with E-state index in [1.165, 1.54) is 0 Å². The Bertz CT molecular complexity index is 522. The molecule has 2 rings (SSSR count). The molecule has 1 saturated carbocycles. The van der Waals surface area contributed by atoms with Crippen LogP contribution in [0.5, 0.6) is 0 Å². The molecule has 1 fully saturated rings. The molecular formula is C16H24ClN3O2. The van der Waals surface area contributed by atoms with Crippen LogP contribution in [0.1, 0.15) is 36.5 Å². The molecule has 0 aliphatic heterocycles. The van der Waals surface area contributed by atoms with Crippen molar-refractivity contribution in [3.8, 4) is 0 Å². The van der Waals surface area contributed by atoms with E-state index in [2.05, 4.69) is 17.6 Å². The second-order valence-corrected chi connectivity index (χ2v) is 5.64. The van der Waals surface area contributed by atoms with Crippen LogP contribution in [0.4, 0.5) is 5.69 Å². The standard InChI is InChI=1S/C16H23N3O2.ClH/c1-11-9-14(11)16(21)19-13-6-4-5-12(10-13)15(20)18-8-3-2-7-17;/h4-6,10-11,14H,2-3,7-9,17H2,1H3,(H,18,20)(H,19,21);1H. The van der Waals surface area contributed by atoms with Gasteiger partial charge in [-0.15, -0.1) is 12.4 Å². The van der Waals surface area contributed by atoms with Gasteiger partial charge in [0.05, 0.1) is 0 Å². The molecule has 4 N–H and O–H groups in total. The fraction of sp³-hybridized carbons (Fsp3) is 0.500. The second kappa shape index (κ2) is 8.76. The Kier molecular flexibility index (Phi) is 7.35. The van der Waals surface area contributed by atoms with Gasteiger partial charge in [0.15, 0.2) is 0 Å². The number of unbranched alkanes of at least 4 members (excludes halogenated alkanes) is 1. The molecule has 0 bridgehead atoms. The number of anilines is 1. The first kappa shape index (κ1) is 18.5. The number of amides is 2. The largest absolute Gasteiger partial charge is 0.352 e. The SMILES string of the molecule is CC1CC1C(=O)Nc1cccc(C(=O)NCCCCN)c1.Cl. The van der Waals surface area contributed by atoms with Crippen LogP contribution in [0.2, 0.25) is 0 Å². The number of nitrogens with one attached hydrogen (secondary N) is 2. The fourth-order valence-electron chi connectivity index (χ4n) is 2.23. The van der Waals surface area contributed by atoms with Crippen LogP contribution < -0.4 is 16.4 Å². The molecule has 0 heterocycles. The maximum atomic E-state index is 12.0. The Labute approximate surface area is 137 Å². The van der Waals surface area contributed by atoms with Gasteiger partial charge in [0.2, 0.25) is 5.91 Å². The topological polar surface area (TPSA) is 84.2 Å². The maximum Gasteiger partial charge on any atom is 0.251 e. The summed E-state index contributed by atoms with van der Waals surface area (Å²) in [5.74, 6) is 0.517. The van der Waals surface area contributed by atoms with Gasteiger partial charge < -0.3 is 16.4 Å². The molecule has 5 nitrogen and oxygen atoms in total. The summed E-state index contributed by atoms with van der Waals surface area (Å²) in [6, 6.07) is 7.04. The summed E-state index contributed by atoms with van der Waals surface area (Å²) in [5.41, 5.74) is 6.64. The average molecular weight is 326 g/mol. The number of carbonyl (C=O) groups is 2. The van der Waals surface area contributed by atoms with E-state index >= 15 is 0 Å². The molecule has 6 heteroatoms. The number of benzene rings is 1. The van der Waals surface area contributed by atoms with Gasteiger partial charge in [-0.1, -0.05) is 13.0 Å². The van der Waals surface area contributed by atoms with E-state index in [0.717, 1.165) is 19.3 Å². The van der Waals surface area contributed by atoms with Gasteiger partial charge in [-0.05, 0) is 49.9 Å². The Balaban J connectivity index is 0.00000242. The highest BCUT2D eigenvalue weighted by Crippen LogP contribution is 2.38. The summed E-state index contributed by atoms with van der Waals surface area (Å²) in [5, 5.41) is 5.72. The Morgan fingerprint density at radius 3 is 2.68 bits per heavy atom. The lowest BCUT2D eigenvalue weighted by Gasteiger charge is -2.08. The monoisotopic (exact) mass is 325 g/mol. The third kappa shape index (κ3) is 5.31. The molecule has 2 amide bonds. The minimum Gasteiger partial charge on any atom is -0.352 e. The highest BCUT2D eigenvalue weighted by molar-refractivity contribution is 5.98. The van der Waals surface area contributed by atoms with Gasteiger partial charge in [-0.2, -0.15) is 0 Å². The van der Waals surface area contributed by atoms with E-state index in [-0.39, 0.29) is 30.1 Å². The number of hydrogen-bond donors (Lipinski definition) is 3. The first-order chi connectivity index (χ1) is 10.1. The molecule has 1 aliphatic carbocycles. The van der Waals surface area contributed by atoms with Crippen LogP contribution in [0.3, 0.4) is 0 Å². The van der Waals surface area contributed by atoms with Crippen LogP contribution in [0.15, 0.2) is 24.3 Å². The van der Waals surface area contributed by atoms with E-state index < -0.39 is 0 Å². The molecule has 0 spiro atoms. The molecule has 1 aliphatic rings. The van der Waals surface area contributed by atoms with Gasteiger partial charge >= 0.3 is 0 Å². The molecular weight excluding hydrogens is 302 g/mol. The molecule has 2 atom stereocenters. The smallest absolute Gasteiger partial charge is 0.251 e. The lowest BCUT2D eigenvalue weighted by Crippen LogP contribution is -2.25. The van der Waals surface area contributed by atoms with Gasteiger partial charge in [0.25, 0.3) is 5.91 Å². The van der Waals surface area contributed by atoms with Crippen LogP contribution in [0.25, 0.3) is 0 Å². The Hall–Kier alpha value is -1.59. The molecule has 22 heavy (non-hydrogen) atoms. The van der Waals surface area contributed by atoms with E-state index in [4.69, 9.17) is 5.73 Å². The zero-order valence-corrected chi connectivity index (χ0v) is 13.6. The van der Waals surface area contributed by atoms with Crippen molar-refractivity contribution in [2.45, 2.75) is 26.2 Å². The van der Waals surface area contributed by atoms with Gasteiger partial charge in [0.1, 0.15) is 0 Å². The average Bonchev–Trinajstić information content (AvgIpc) is 3.21. The molecule has 2 unspecified atom stereocenters. The van der Waals surface area contributed by atoms with Crippen molar-refractivity contribution in [1.29, 1.82) is 0 Å². The van der Waals surface area contributed by atoms with Crippen molar-refractivity contribution >= 4 is 29.9 Å². The van der Waals surface area contributed by atoms with E-state index in [9.17, 15) is 9.59 Å². The number of hydrogen-bond acceptors (Lipinski definition) is 3. The molecule has 122 valence electrons. The summed E-state index contributed by atoms with van der Waals surface area (Å²) >= 11 is 0. The summed E-state index contributed by atoms with van der Waals surface area (Å²) in [4.78, 5) is 23.9. The molecule has 0 aromatic heterocycles. The number of halogens is 1. The zero-order valence-electron chi connectivity index (χ0n) is 12.8. The Morgan fingerprint density at radius 1 is 1.32 bits per heavy atom. The second-order valence-electron chi connectivity index (χ2n) is 5.64. The predicted octanol–water partition coefficient (Wildman–Crippen LogP) is 2.17. The van der Waals surface area contributed by atoms with Crippen LogP contribution >= 0.6 is 12.4 Å². The lowest BCUT2D eigenvalue weighted by atomic mass is 10.1. The summed E-state index contributed by atoms with van der Waals surface area (Å²) < 4.78 is 0. The minimum absolute atomic E-state index is 0. The minimum atomic E-state index is -0.122. The summed E-state index contributed by atoms with van der Waals surface area (Å²) in [7, 11) is 0. The highest BCUT2D eigenvalue weighted by atomic mass is 35.5. The first-order valence-corrected chi connectivity index (χ1v) is 7.51. The van der Waals surface area contributed by atoms with E-state index in [0.29, 0.717) is 30.3 Å². The van der Waals surface area contributed by atoms with Crippen LogP contribution in [-0.2, 0) is 4.79 Å².